The Hall–Kier alpha value is -3.36. The van der Waals surface area contributed by atoms with Crippen LogP contribution in [-0.4, -0.2) is 80.2 Å². The van der Waals surface area contributed by atoms with E-state index >= 15 is 0 Å². The highest BCUT2D eigenvalue weighted by molar-refractivity contribution is 5.82. The maximum absolute atomic E-state index is 12.4. The van der Waals surface area contributed by atoms with Crippen molar-refractivity contribution in [3.8, 4) is 5.75 Å². The quantitative estimate of drug-likeness (QED) is 0.632. The SMILES string of the molecule is COc1ccc(N2CCN(C(=O)COC(=O)CN(C)c3ncccn3)CC2)cc1. The summed E-state index contributed by atoms with van der Waals surface area (Å²) in [7, 11) is 3.33. The third-order valence-electron chi connectivity index (χ3n) is 4.69. The second-order valence-electron chi connectivity index (χ2n) is 6.63. The number of carbonyl (C=O) groups excluding carboxylic acids is 2. The zero-order chi connectivity index (χ0) is 20.6. The van der Waals surface area contributed by atoms with Gasteiger partial charge in [-0.3, -0.25) is 9.59 Å². The summed E-state index contributed by atoms with van der Waals surface area (Å²) in [5.74, 6) is 0.552. The van der Waals surface area contributed by atoms with Crippen LogP contribution in [0.3, 0.4) is 0 Å². The van der Waals surface area contributed by atoms with E-state index in [1.54, 1.807) is 42.4 Å². The fourth-order valence-electron chi connectivity index (χ4n) is 3.04. The van der Waals surface area contributed by atoms with Crippen molar-refractivity contribution in [2.75, 3.05) is 63.3 Å². The van der Waals surface area contributed by atoms with Crippen LogP contribution in [0.4, 0.5) is 11.6 Å². The third kappa shape index (κ3) is 5.56. The van der Waals surface area contributed by atoms with Crippen molar-refractivity contribution in [1.29, 1.82) is 0 Å². The van der Waals surface area contributed by atoms with Gasteiger partial charge in [0.1, 0.15) is 12.3 Å². The van der Waals surface area contributed by atoms with Gasteiger partial charge in [-0.2, -0.15) is 0 Å². The second kappa shape index (κ2) is 9.72. The molecule has 3 rings (SSSR count). The van der Waals surface area contributed by atoms with E-state index in [0.29, 0.717) is 19.0 Å². The van der Waals surface area contributed by atoms with Gasteiger partial charge in [-0.25, -0.2) is 9.97 Å². The van der Waals surface area contributed by atoms with Gasteiger partial charge < -0.3 is 24.2 Å². The van der Waals surface area contributed by atoms with Crippen LogP contribution in [0.25, 0.3) is 0 Å². The van der Waals surface area contributed by atoms with E-state index in [4.69, 9.17) is 9.47 Å². The van der Waals surface area contributed by atoms with Gasteiger partial charge in [0.2, 0.25) is 5.95 Å². The molecular formula is C20H25N5O4. The van der Waals surface area contributed by atoms with Crippen LogP contribution in [-0.2, 0) is 14.3 Å². The third-order valence-corrected chi connectivity index (χ3v) is 4.69. The Kier molecular flexibility index (Phi) is 6.83. The van der Waals surface area contributed by atoms with Crippen molar-refractivity contribution in [3.05, 3.63) is 42.7 Å². The summed E-state index contributed by atoms with van der Waals surface area (Å²) in [5, 5.41) is 0. The summed E-state index contributed by atoms with van der Waals surface area (Å²) >= 11 is 0. The van der Waals surface area contributed by atoms with Crippen molar-refractivity contribution in [2.45, 2.75) is 0 Å². The fraction of sp³-hybridized carbons (Fsp3) is 0.400. The number of likely N-dealkylation sites (N-methyl/N-ethyl adjacent to an activating group) is 1. The van der Waals surface area contributed by atoms with Crippen LogP contribution in [0.1, 0.15) is 0 Å². The van der Waals surface area contributed by atoms with Gasteiger partial charge in [-0.1, -0.05) is 0 Å². The highest BCUT2D eigenvalue weighted by Gasteiger charge is 2.22. The largest absolute Gasteiger partial charge is 0.497 e. The van der Waals surface area contributed by atoms with Crippen LogP contribution in [0.5, 0.6) is 5.75 Å². The molecule has 2 heterocycles. The first-order chi connectivity index (χ1) is 14.1. The Morgan fingerprint density at radius 2 is 1.72 bits per heavy atom. The fourth-order valence-corrected chi connectivity index (χ4v) is 3.04. The predicted molar refractivity (Wildman–Crippen MR) is 108 cm³/mol. The lowest BCUT2D eigenvalue weighted by molar-refractivity contribution is -0.151. The van der Waals surface area contributed by atoms with E-state index in [1.165, 1.54) is 0 Å². The molecule has 0 N–H and O–H groups in total. The lowest BCUT2D eigenvalue weighted by Gasteiger charge is -2.36. The number of esters is 1. The summed E-state index contributed by atoms with van der Waals surface area (Å²) < 4.78 is 10.3. The number of methoxy groups -OCH3 is 1. The van der Waals surface area contributed by atoms with Crippen molar-refractivity contribution in [3.63, 3.8) is 0 Å². The lowest BCUT2D eigenvalue weighted by Crippen LogP contribution is -2.50. The first kappa shape index (κ1) is 20.4. The van der Waals surface area contributed by atoms with Crippen molar-refractivity contribution in [1.82, 2.24) is 14.9 Å². The molecule has 0 unspecified atom stereocenters. The van der Waals surface area contributed by atoms with Crippen molar-refractivity contribution >= 4 is 23.5 Å². The number of rotatable bonds is 7. The van der Waals surface area contributed by atoms with Crippen LogP contribution < -0.4 is 14.5 Å². The van der Waals surface area contributed by atoms with Gasteiger partial charge in [0.15, 0.2) is 6.61 Å². The number of anilines is 2. The van der Waals surface area contributed by atoms with Gasteiger partial charge >= 0.3 is 5.97 Å². The first-order valence-electron chi connectivity index (χ1n) is 9.37. The Morgan fingerprint density at radius 3 is 2.34 bits per heavy atom. The van der Waals surface area contributed by atoms with Gasteiger partial charge in [-0.15, -0.1) is 0 Å². The molecular weight excluding hydrogens is 374 g/mol. The zero-order valence-corrected chi connectivity index (χ0v) is 16.7. The smallest absolute Gasteiger partial charge is 0.326 e. The number of piperazine rings is 1. The molecule has 0 radical (unpaired) electrons. The number of ether oxygens (including phenoxy) is 2. The monoisotopic (exact) mass is 399 g/mol. The molecule has 1 fully saturated rings. The molecule has 1 aliphatic rings. The minimum absolute atomic E-state index is 0.0253. The van der Waals surface area contributed by atoms with Crippen molar-refractivity contribution < 1.29 is 19.1 Å². The highest BCUT2D eigenvalue weighted by Crippen LogP contribution is 2.20. The number of aromatic nitrogens is 2. The average Bonchev–Trinajstić information content (AvgIpc) is 2.78. The molecule has 0 aliphatic carbocycles. The molecule has 2 aromatic rings. The number of hydrogen-bond donors (Lipinski definition) is 0. The predicted octanol–water partition coefficient (Wildman–Crippen LogP) is 0.813. The second-order valence-corrected chi connectivity index (χ2v) is 6.63. The van der Waals surface area contributed by atoms with E-state index in [2.05, 4.69) is 14.9 Å². The lowest BCUT2D eigenvalue weighted by atomic mass is 10.2. The number of nitrogens with zero attached hydrogens (tertiary/aromatic N) is 5. The maximum atomic E-state index is 12.4. The average molecular weight is 399 g/mol. The molecule has 0 spiro atoms. The van der Waals surface area contributed by atoms with Crippen LogP contribution in [0.15, 0.2) is 42.7 Å². The minimum atomic E-state index is -0.495. The molecule has 0 atom stereocenters. The Morgan fingerprint density at radius 1 is 1.07 bits per heavy atom. The molecule has 0 bridgehead atoms. The normalized spacial score (nSPS) is 13.7. The maximum Gasteiger partial charge on any atom is 0.326 e. The summed E-state index contributed by atoms with van der Waals surface area (Å²) in [6.45, 7) is 2.33. The van der Waals surface area contributed by atoms with Gasteiger partial charge in [0.25, 0.3) is 5.91 Å². The summed E-state index contributed by atoms with van der Waals surface area (Å²) in [4.78, 5) is 38.0. The van der Waals surface area contributed by atoms with E-state index in [1.807, 2.05) is 24.3 Å². The summed E-state index contributed by atoms with van der Waals surface area (Å²) in [5.41, 5.74) is 1.09. The van der Waals surface area contributed by atoms with Crippen LogP contribution in [0.2, 0.25) is 0 Å². The van der Waals surface area contributed by atoms with Crippen molar-refractivity contribution in [2.24, 2.45) is 0 Å². The van der Waals surface area contributed by atoms with E-state index in [0.717, 1.165) is 24.5 Å². The molecule has 9 nitrogen and oxygen atoms in total. The number of amides is 1. The molecule has 1 amide bonds. The first-order valence-corrected chi connectivity index (χ1v) is 9.37. The molecule has 1 saturated heterocycles. The molecule has 1 aromatic carbocycles. The Labute approximate surface area is 169 Å². The minimum Gasteiger partial charge on any atom is -0.497 e. The molecule has 9 heteroatoms. The van der Waals surface area contributed by atoms with Gasteiger partial charge in [-0.05, 0) is 30.3 Å². The highest BCUT2D eigenvalue weighted by atomic mass is 16.5. The summed E-state index contributed by atoms with van der Waals surface area (Å²) in [6.07, 6.45) is 3.19. The van der Waals surface area contributed by atoms with Crippen LogP contribution in [0, 0.1) is 0 Å². The Bertz CT molecular complexity index is 807. The Balaban J connectivity index is 1.40. The van der Waals surface area contributed by atoms with Crippen LogP contribution >= 0.6 is 0 Å². The molecule has 1 aromatic heterocycles. The summed E-state index contributed by atoms with van der Waals surface area (Å²) in [6, 6.07) is 9.55. The molecule has 29 heavy (non-hydrogen) atoms. The van der Waals surface area contributed by atoms with E-state index in [9.17, 15) is 9.59 Å². The standard InChI is InChI=1S/C20H25N5O4/c1-23(20-21-8-3-9-22-20)14-19(27)29-15-18(26)25-12-10-24(11-13-25)16-4-6-17(28-2)7-5-16/h3-9H,10-15H2,1-2H3. The molecule has 1 aliphatic heterocycles. The molecule has 154 valence electrons. The van der Waals surface area contributed by atoms with Gasteiger partial charge in [0.05, 0.1) is 7.11 Å². The zero-order valence-electron chi connectivity index (χ0n) is 16.7. The van der Waals surface area contributed by atoms with Gasteiger partial charge in [0, 0.05) is 51.3 Å². The number of hydrogen-bond acceptors (Lipinski definition) is 8. The van der Waals surface area contributed by atoms with E-state index in [-0.39, 0.29) is 19.1 Å². The topological polar surface area (TPSA) is 88.1 Å². The molecule has 0 saturated carbocycles. The number of benzene rings is 1. The number of carbonyl (C=O) groups is 2. The van der Waals surface area contributed by atoms with E-state index < -0.39 is 5.97 Å².